The zero-order valence-electron chi connectivity index (χ0n) is 19.3. The van der Waals surface area contributed by atoms with Gasteiger partial charge in [-0.1, -0.05) is 5.16 Å². The molecule has 0 radical (unpaired) electrons. The zero-order chi connectivity index (χ0) is 23.8. The van der Waals surface area contributed by atoms with Crippen molar-refractivity contribution in [2.45, 2.75) is 33.8 Å². The first-order chi connectivity index (χ1) is 16.0. The summed E-state index contributed by atoms with van der Waals surface area (Å²) in [6.45, 7) is 6.67. The molecule has 1 aromatic heterocycles. The molecular formula is C25H27N3O5. The number of carbonyl (C=O) groups excluding carboxylic acids is 1. The zero-order valence-corrected chi connectivity index (χ0v) is 19.3. The van der Waals surface area contributed by atoms with Gasteiger partial charge in [0, 0.05) is 17.8 Å². The summed E-state index contributed by atoms with van der Waals surface area (Å²) < 4.78 is 22.0. The molecule has 0 unspecified atom stereocenters. The maximum atomic E-state index is 13.3. The van der Waals surface area contributed by atoms with Crippen molar-refractivity contribution in [2.75, 3.05) is 25.2 Å². The first-order valence-corrected chi connectivity index (χ1v) is 10.6. The first kappa shape index (κ1) is 23.7. The van der Waals surface area contributed by atoms with Crippen molar-refractivity contribution in [3.63, 3.8) is 0 Å². The summed E-state index contributed by atoms with van der Waals surface area (Å²) >= 11 is 0. The standard InChI is InChI=1S/C25H27N3O5/c1-5-31-21-10-8-20(9-11-21)28(14-6-13-26)25(29)19-7-12-23(24(15-19)30-4)32-16-22-17(2)27-33-18(22)3/h7-12,15H,5-6,14,16H2,1-4H3. The SMILES string of the molecule is CCOc1ccc(N(CCC#N)C(=O)c2ccc(OCc3c(C)noc3C)c(OC)c2)cc1. The lowest BCUT2D eigenvalue weighted by Crippen LogP contribution is -2.31. The van der Waals surface area contributed by atoms with E-state index in [1.807, 2.05) is 20.8 Å². The van der Waals surface area contributed by atoms with Crippen LogP contribution in [-0.4, -0.2) is 31.3 Å². The lowest BCUT2D eigenvalue weighted by atomic mass is 10.1. The Morgan fingerprint density at radius 2 is 1.88 bits per heavy atom. The van der Waals surface area contributed by atoms with Crippen molar-refractivity contribution < 1.29 is 23.5 Å². The van der Waals surface area contributed by atoms with Gasteiger partial charge in [-0.15, -0.1) is 0 Å². The van der Waals surface area contributed by atoms with Crippen LogP contribution in [-0.2, 0) is 6.61 Å². The molecule has 0 saturated carbocycles. The summed E-state index contributed by atoms with van der Waals surface area (Å²) in [7, 11) is 1.52. The van der Waals surface area contributed by atoms with E-state index in [4.69, 9.17) is 24.0 Å². The number of hydrogen-bond donors (Lipinski definition) is 0. The number of benzene rings is 2. The third kappa shape index (κ3) is 5.63. The van der Waals surface area contributed by atoms with Gasteiger partial charge in [-0.2, -0.15) is 5.26 Å². The van der Waals surface area contributed by atoms with Crippen LogP contribution in [0, 0.1) is 25.2 Å². The molecule has 0 N–H and O–H groups in total. The molecule has 0 aliphatic heterocycles. The number of aryl methyl sites for hydroxylation is 2. The van der Waals surface area contributed by atoms with Crippen LogP contribution >= 0.6 is 0 Å². The molecule has 172 valence electrons. The Kier molecular flexibility index (Phi) is 7.92. The van der Waals surface area contributed by atoms with Crippen LogP contribution in [0.15, 0.2) is 47.0 Å². The Labute approximate surface area is 193 Å². The highest BCUT2D eigenvalue weighted by Crippen LogP contribution is 2.31. The van der Waals surface area contributed by atoms with E-state index in [0.717, 1.165) is 17.0 Å². The molecule has 0 bridgehead atoms. The first-order valence-electron chi connectivity index (χ1n) is 10.6. The van der Waals surface area contributed by atoms with Crippen molar-refractivity contribution in [1.29, 1.82) is 5.26 Å². The van der Waals surface area contributed by atoms with Gasteiger partial charge < -0.3 is 23.6 Å². The Balaban J connectivity index is 1.83. The fourth-order valence-corrected chi connectivity index (χ4v) is 3.33. The highest BCUT2D eigenvalue weighted by molar-refractivity contribution is 6.06. The minimum absolute atomic E-state index is 0.203. The second-order valence-electron chi connectivity index (χ2n) is 7.25. The molecule has 1 amide bonds. The lowest BCUT2D eigenvalue weighted by Gasteiger charge is -2.23. The molecule has 1 heterocycles. The van der Waals surface area contributed by atoms with Crippen LogP contribution in [0.4, 0.5) is 5.69 Å². The molecule has 0 atom stereocenters. The molecule has 0 saturated heterocycles. The highest BCUT2D eigenvalue weighted by Gasteiger charge is 2.20. The fourth-order valence-electron chi connectivity index (χ4n) is 3.33. The Morgan fingerprint density at radius 1 is 1.12 bits per heavy atom. The van der Waals surface area contributed by atoms with Crippen molar-refractivity contribution in [3.8, 4) is 23.3 Å². The molecular weight excluding hydrogens is 422 g/mol. The van der Waals surface area contributed by atoms with Crippen LogP contribution in [0.5, 0.6) is 17.2 Å². The summed E-state index contributed by atoms with van der Waals surface area (Å²) in [5, 5.41) is 13.0. The van der Waals surface area contributed by atoms with Gasteiger partial charge in [-0.05, 0) is 63.2 Å². The molecule has 8 nitrogen and oxygen atoms in total. The van der Waals surface area contributed by atoms with Gasteiger partial charge in [0.25, 0.3) is 5.91 Å². The number of nitrogens with zero attached hydrogens (tertiary/aromatic N) is 3. The van der Waals surface area contributed by atoms with E-state index in [-0.39, 0.29) is 25.5 Å². The molecule has 3 aromatic rings. The summed E-state index contributed by atoms with van der Waals surface area (Å²) in [5.74, 6) is 2.10. The number of methoxy groups -OCH3 is 1. The van der Waals surface area contributed by atoms with Crippen molar-refractivity contribution >= 4 is 11.6 Å². The molecule has 3 rings (SSSR count). The molecule has 33 heavy (non-hydrogen) atoms. The molecule has 2 aromatic carbocycles. The van der Waals surface area contributed by atoms with Crippen LogP contribution < -0.4 is 19.1 Å². The summed E-state index contributed by atoms with van der Waals surface area (Å²) in [5.41, 5.74) is 2.73. The van der Waals surface area contributed by atoms with Crippen molar-refractivity contribution in [1.82, 2.24) is 5.16 Å². The second kappa shape index (κ2) is 11.0. The number of ether oxygens (including phenoxy) is 3. The quantitative estimate of drug-likeness (QED) is 0.437. The third-order valence-corrected chi connectivity index (χ3v) is 5.12. The topological polar surface area (TPSA) is 97.8 Å². The van der Waals surface area contributed by atoms with Crippen LogP contribution in [0.3, 0.4) is 0 Å². The van der Waals surface area contributed by atoms with E-state index in [9.17, 15) is 4.79 Å². The summed E-state index contributed by atoms with van der Waals surface area (Å²) in [4.78, 5) is 14.9. The van der Waals surface area contributed by atoms with Gasteiger partial charge in [0.05, 0.1) is 37.5 Å². The smallest absolute Gasteiger partial charge is 0.258 e. The Bertz CT molecular complexity index is 1110. The minimum Gasteiger partial charge on any atom is -0.494 e. The monoisotopic (exact) mass is 449 g/mol. The van der Waals surface area contributed by atoms with Gasteiger partial charge >= 0.3 is 0 Å². The number of rotatable bonds is 10. The third-order valence-electron chi connectivity index (χ3n) is 5.12. The minimum atomic E-state index is -0.245. The average Bonchev–Trinajstić information content (AvgIpc) is 3.15. The summed E-state index contributed by atoms with van der Waals surface area (Å²) in [6, 6.07) is 14.3. The van der Waals surface area contributed by atoms with E-state index in [0.29, 0.717) is 35.1 Å². The number of carbonyl (C=O) groups is 1. The fraction of sp³-hybridized carbons (Fsp3) is 0.320. The predicted molar refractivity (Wildman–Crippen MR) is 123 cm³/mol. The van der Waals surface area contributed by atoms with E-state index >= 15 is 0 Å². The largest absolute Gasteiger partial charge is 0.494 e. The van der Waals surface area contributed by atoms with Gasteiger partial charge in [0.2, 0.25) is 0 Å². The maximum Gasteiger partial charge on any atom is 0.258 e. The van der Waals surface area contributed by atoms with Crippen LogP contribution in [0.25, 0.3) is 0 Å². The lowest BCUT2D eigenvalue weighted by molar-refractivity contribution is 0.0987. The molecule has 0 fully saturated rings. The predicted octanol–water partition coefficient (Wildman–Crippen LogP) is 4.84. The average molecular weight is 450 g/mol. The van der Waals surface area contributed by atoms with E-state index in [1.54, 1.807) is 47.4 Å². The number of anilines is 1. The maximum absolute atomic E-state index is 13.3. The highest BCUT2D eigenvalue weighted by atomic mass is 16.5. The van der Waals surface area contributed by atoms with Gasteiger partial charge in [-0.3, -0.25) is 4.79 Å². The second-order valence-corrected chi connectivity index (χ2v) is 7.25. The Morgan fingerprint density at radius 3 is 2.48 bits per heavy atom. The summed E-state index contributed by atoms with van der Waals surface area (Å²) in [6.07, 6.45) is 0.203. The number of aromatic nitrogens is 1. The van der Waals surface area contributed by atoms with Crippen molar-refractivity contribution in [2.24, 2.45) is 0 Å². The molecule has 0 aliphatic carbocycles. The molecule has 0 spiro atoms. The molecule has 8 heteroatoms. The van der Waals surface area contributed by atoms with Crippen LogP contribution in [0.1, 0.15) is 40.7 Å². The van der Waals surface area contributed by atoms with Gasteiger partial charge in [0.1, 0.15) is 18.1 Å². The van der Waals surface area contributed by atoms with E-state index in [1.165, 1.54) is 7.11 Å². The van der Waals surface area contributed by atoms with Gasteiger partial charge in [-0.25, -0.2) is 0 Å². The molecule has 0 aliphatic rings. The van der Waals surface area contributed by atoms with Gasteiger partial charge in [0.15, 0.2) is 11.5 Å². The normalized spacial score (nSPS) is 10.4. The van der Waals surface area contributed by atoms with E-state index < -0.39 is 0 Å². The number of hydrogen-bond acceptors (Lipinski definition) is 7. The van der Waals surface area contributed by atoms with Crippen LogP contribution in [0.2, 0.25) is 0 Å². The number of nitriles is 1. The number of amides is 1. The Hall–Kier alpha value is -3.99. The van der Waals surface area contributed by atoms with Crippen molar-refractivity contribution in [3.05, 3.63) is 65.0 Å². The van der Waals surface area contributed by atoms with E-state index in [2.05, 4.69) is 11.2 Å².